The van der Waals surface area contributed by atoms with Crippen LogP contribution >= 0.6 is 0 Å². The summed E-state index contributed by atoms with van der Waals surface area (Å²) in [7, 11) is -2.16. The van der Waals surface area contributed by atoms with E-state index in [9.17, 15) is 22.4 Å². The third-order valence-electron chi connectivity index (χ3n) is 5.00. The van der Waals surface area contributed by atoms with Gasteiger partial charge in [-0.15, -0.1) is 0 Å². The first-order chi connectivity index (χ1) is 15.1. The average molecular weight is 464 g/mol. The molecule has 1 saturated heterocycles. The molecule has 1 aliphatic rings. The Hall–Kier alpha value is -2.89. The molecule has 0 atom stereocenters. The van der Waals surface area contributed by atoms with Gasteiger partial charge in [-0.3, -0.25) is 14.5 Å². The summed E-state index contributed by atoms with van der Waals surface area (Å²) in [5.41, 5.74) is 0.782. The van der Waals surface area contributed by atoms with Crippen LogP contribution in [0.1, 0.15) is 5.69 Å². The summed E-state index contributed by atoms with van der Waals surface area (Å²) in [5.74, 6) is -0.656. The lowest BCUT2D eigenvalue weighted by atomic mass is 10.3. The number of carbonyl (C=O) groups excluding carboxylic acids is 2. The van der Waals surface area contributed by atoms with E-state index in [0.717, 1.165) is 11.8 Å². The van der Waals surface area contributed by atoms with Crippen molar-refractivity contribution < 1.29 is 22.4 Å². The molecule has 0 radical (unpaired) electrons. The highest BCUT2D eigenvalue weighted by Crippen LogP contribution is 2.18. The Labute approximate surface area is 186 Å². The van der Waals surface area contributed by atoms with Crippen LogP contribution in [0.3, 0.4) is 0 Å². The van der Waals surface area contributed by atoms with E-state index in [-0.39, 0.29) is 56.0 Å². The number of likely N-dealkylation sites (N-methyl/N-ethyl adjacent to an activating group) is 1. The van der Waals surface area contributed by atoms with Crippen molar-refractivity contribution in [2.24, 2.45) is 0 Å². The fourth-order valence-corrected chi connectivity index (χ4v) is 4.84. The van der Waals surface area contributed by atoms with Gasteiger partial charge in [-0.05, 0) is 44.3 Å². The van der Waals surface area contributed by atoms with Crippen molar-refractivity contribution in [1.82, 2.24) is 19.1 Å². The first-order valence-corrected chi connectivity index (χ1v) is 11.5. The number of benzene rings is 1. The zero-order valence-corrected chi connectivity index (χ0v) is 18.8. The van der Waals surface area contributed by atoms with E-state index in [1.165, 1.54) is 22.5 Å². The molecule has 3 rings (SSSR count). The van der Waals surface area contributed by atoms with Crippen molar-refractivity contribution in [3.05, 3.63) is 54.0 Å². The number of nitrogens with zero attached hydrogens (tertiary/aromatic N) is 4. The molecule has 0 aliphatic carbocycles. The van der Waals surface area contributed by atoms with E-state index in [2.05, 4.69) is 10.3 Å². The normalized spacial score (nSPS) is 15.1. The van der Waals surface area contributed by atoms with Gasteiger partial charge in [0, 0.05) is 31.9 Å². The minimum atomic E-state index is -3.82. The summed E-state index contributed by atoms with van der Waals surface area (Å²) in [5, 5.41) is 2.69. The van der Waals surface area contributed by atoms with Gasteiger partial charge in [-0.1, -0.05) is 12.1 Å². The molecule has 2 amide bonds. The second-order valence-electron chi connectivity index (χ2n) is 7.63. The van der Waals surface area contributed by atoms with E-state index in [1.54, 1.807) is 29.0 Å². The van der Waals surface area contributed by atoms with Gasteiger partial charge in [0.25, 0.3) is 0 Å². The molecule has 0 unspecified atom stereocenters. The van der Waals surface area contributed by atoms with E-state index in [4.69, 9.17) is 0 Å². The van der Waals surface area contributed by atoms with Crippen LogP contribution in [0.5, 0.6) is 0 Å². The number of hydrogen-bond acceptors (Lipinski definition) is 6. The van der Waals surface area contributed by atoms with Crippen LogP contribution in [0, 0.1) is 12.7 Å². The Bertz CT molecular complexity index is 1090. The second-order valence-corrected chi connectivity index (χ2v) is 9.56. The molecule has 2 aromatic rings. The molecule has 0 spiro atoms. The number of piperazine rings is 1. The molecular formula is C21H26FN5O4S. The molecule has 0 bridgehead atoms. The average Bonchev–Trinajstić information content (AvgIpc) is 2.73. The van der Waals surface area contributed by atoms with E-state index < -0.39 is 15.8 Å². The number of sulfonamides is 1. The molecule has 11 heteroatoms. The third kappa shape index (κ3) is 6.09. The first kappa shape index (κ1) is 23.8. The Balaban J connectivity index is 1.48. The van der Waals surface area contributed by atoms with Crippen molar-refractivity contribution in [3.8, 4) is 0 Å². The van der Waals surface area contributed by atoms with E-state index in [0.29, 0.717) is 5.82 Å². The number of anilines is 1. The van der Waals surface area contributed by atoms with Crippen molar-refractivity contribution in [2.45, 2.75) is 11.8 Å². The molecule has 1 N–H and O–H groups in total. The topological polar surface area (TPSA) is 103 Å². The van der Waals surface area contributed by atoms with Gasteiger partial charge in [0.1, 0.15) is 11.6 Å². The van der Waals surface area contributed by atoms with Gasteiger partial charge < -0.3 is 10.2 Å². The van der Waals surface area contributed by atoms with Crippen LogP contribution in [-0.4, -0.2) is 85.6 Å². The predicted octanol–water partition coefficient (Wildman–Crippen LogP) is 0.933. The van der Waals surface area contributed by atoms with Crippen molar-refractivity contribution in [3.63, 3.8) is 0 Å². The summed E-state index contributed by atoms with van der Waals surface area (Å²) in [6.07, 6.45) is 0. The molecule has 0 saturated carbocycles. The maximum atomic E-state index is 13.4. The quantitative estimate of drug-likeness (QED) is 0.656. The number of carbonyl (C=O) groups is 2. The van der Waals surface area contributed by atoms with Gasteiger partial charge in [-0.25, -0.2) is 17.8 Å². The van der Waals surface area contributed by atoms with Crippen molar-refractivity contribution in [1.29, 1.82) is 0 Å². The molecule has 2 heterocycles. The first-order valence-electron chi connectivity index (χ1n) is 10.1. The number of rotatable bonds is 7. The summed E-state index contributed by atoms with van der Waals surface area (Å²) in [4.78, 5) is 32.0. The Morgan fingerprint density at radius 1 is 1.09 bits per heavy atom. The zero-order chi connectivity index (χ0) is 23.3. The zero-order valence-electron chi connectivity index (χ0n) is 18.0. The van der Waals surface area contributed by atoms with Gasteiger partial charge in [-0.2, -0.15) is 4.31 Å². The molecule has 9 nitrogen and oxygen atoms in total. The minimum absolute atomic E-state index is 0.00920. The van der Waals surface area contributed by atoms with Gasteiger partial charge in [0.2, 0.25) is 21.8 Å². The molecular weight excluding hydrogens is 437 g/mol. The van der Waals surface area contributed by atoms with Crippen LogP contribution < -0.4 is 5.32 Å². The maximum Gasteiger partial charge on any atom is 0.243 e. The summed E-state index contributed by atoms with van der Waals surface area (Å²) < 4.78 is 40.0. The largest absolute Gasteiger partial charge is 0.339 e. The van der Waals surface area contributed by atoms with Crippen molar-refractivity contribution >= 4 is 27.7 Å². The van der Waals surface area contributed by atoms with Crippen molar-refractivity contribution in [2.75, 3.05) is 51.6 Å². The van der Waals surface area contributed by atoms with Gasteiger partial charge in [0.05, 0.1) is 18.0 Å². The SMILES string of the molecule is Cc1cccc(NC(=O)CN(C)CC(=O)N2CCN(S(=O)(=O)c3cccc(F)c3)CC2)n1. The fraction of sp³-hybridized carbons (Fsp3) is 0.381. The van der Waals surface area contributed by atoms with E-state index in [1.807, 2.05) is 13.0 Å². The summed E-state index contributed by atoms with van der Waals surface area (Å²) in [6, 6.07) is 10.2. The maximum absolute atomic E-state index is 13.4. The number of nitrogens with one attached hydrogen (secondary N) is 1. The number of pyridine rings is 1. The highest BCUT2D eigenvalue weighted by molar-refractivity contribution is 7.89. The van der Waals surface area contributed by atoms with Crippen LogP contribution in [0.4, 0.5) is 10.2 Å². The molecule has 32 heavy (non-hydrogen) atoms. The van der Waals surface area contributed by atoms with E-state index >= 15 is 0 Å². The highest BCUT2D eigenvalue weighted by Gasteiger charge is 2.30. The van der Waals surface area contributed by atoms with Gasteiger partial charge in [0.15, 0.2) is 0 Å². The highest BCUT2D eigenvalue weighted by atomic mass is 32.2. The third-order valence-corrected chi connectivity index (χ3v) is 6.89. The number of amides is 2. The smallest absolute Gasteiger partial charge is 0.243 e. The monoisotopic (exact) mass is 463 g/mol. The number of aryl methyl sites for hydroxylation is 1. The van der Waals surface area contributed by atoms with Crippen LogP contribution in [0.15, 0.2) is 47.4 Å². The van der Waals surface area contributed by atoms with Crippen LogP contribution in [-0.2, 0) is 19.6 Å². The van der Waals surface area contributed by atoms with Crippen LogP contribution in [0.2, 0.25) is 0 Å². The van der Waals surface area contributed by atoms with Crippen LogP contribution in [0.25, 0.3) is 0 Å². The number of halogens is 1. The minimum Gasteiger partial charge on any atom is -0.339 e. The molecule has 1 aliphatic heterocycles. The fourth-order valence-electron chi connectivity index (χ4n) is 3.38. The lowest BCUT2D eigenvalue weighted by molar-refractivity contribution is -0.133. The van der Waals surface area contributed by atoms with Gasteiger partial charge >= 0.3 is 0 Å². The lowest BCUT2D eigenvalue weighted by Gasteiger charge is -2.34. The Morgan fingerprint density at radius 2 is 1.78 bits per heavy atom. The summed E-state index contributed by atoms with van der Waals surface area (Å²) in [6.45, 7) is 2.53. The lowest BCUT2D eigenvalue weighted by Crippen LogP contribution is -2.52. The Kier molecular flexibility index (Phi) is 7.54. The molecule has 172 valence electrons. The predicted molar refractivity (Wildman–Crippen MR) is 117 cm³/mol. The number of hydrogen-bond donors (Lipinski definition) is 1. The number of aromatic nitrogens is 1. The summed E-state index contributed by atoms with van der Waals surface area (Å²) >= 11 is 0. The standard InChI is InChI=1S/C21H26FN5O4S/c1-16-5-3-8-19(23-16)24-20(28)14-25(2)15-21(29)26-9-11-27(12-10-26)32(30,31)18-7-4-6-17(22)13-18/h3-8,13H,9-12,14-15H2,1-2H3,(H,23,24,28). The molecule has 1 aromatic heterocycles. The molecule has 1 fully saturated rings. The Morgan fingerprint density at radius 3 is 2.44 bits per heavy atom. The molecule has 1 aromatic carbocycles. The second kappa shape index (κ2) is 10.2.